The van der Waals surface area contributed by atoms with Crippen molar-refractivity contribution in [3.8, 4) is 0 Å². The number of carbonyl (C=O) groups is 2. The molecule has 5 nitrogen and oxygen atoms in total. The SMILES string of the molecule is CCCCCN(CC(C)C(=O)O)C(=O)c1ccco1. The Bertz CT molecular complexity index is 400. The van der Waals surface area contributed by atoms with E-state index in [9.17, 15) is 9.59 Å². The number of hydrogen-bond donors (Lipinski definition) is 1. The summed E-state index contributed by atoms with van der Waals surface area (Å²) >= 11 is 0. The Kier molecular flexibility index (Phi) is 6.12. The molecule has 1 rings (SSSR count). The zero-order valence-corrected chi connectivity index (χ0v) is 11.5. The second-order valence-corrected chi connectivity index (χ2v) is 4.67. The lowest BCUT2D eigenvalue weighted by Gasteiger charge is -2.23. The van der Waals surface area contributed by atoms with Crippen LogP contribution in [0.15, 0.2) is 22.8 Å². The highest BCUT2D eigenvalue weighted by Crippen LogP contribution is 2.10. The van der Waals surface area contributed by atoms with Crippen molar-refractivity contribution in [2.75, 3.05) is 13.1 Å². The van der Waals surface area contributed by atoms with Crippen LogP contribution in [-0.2, 0) is 4.79 Å². The van der Waals surface area contributed by atoms with Gasteiger partial charge >= 0.3 is 5.97 Å². The van der Waals surface area contributed by atoms with Gasteiger partial charge in [0, 0.05) is 13.1 Å². The van der Waals surface area contributed by atoms with Crippen LogP contribution in [0, 0.1) is 5.92 Å². The Balaban J connectivity index is 2.68. The van der Waals surface area contributed by atoms with Crippen LogP contribution in [0.5, 0.6) is 0 Å². The Morgan fingerprint density at radius 2 is 2.16 bits per heavy atom. The molecule has 0 spiro atoms. The number of carboxylic acids is 1. The quantitative estimate of drug-likeness (QED) is 0.735. The van der Waals surface area contributed by atoms with Gasteiger partial charge in [0.2, 0.25) is 0 Å². The summed E-state index contributed by atoms with van der Waals surface area (Å²) in [6, 6.07) is 3.25. The van der Waals surface area contributed by atoms with Crippen LogP contribution >= 0.6 is 0 Å². The van der Waals surface area contributed by atoms with Crippen molar-refractivity contribution in [3.63, 3.8) is 0 Å². The van der Waals surface area contributed by atoms with Crippen LogP contribution in [0.1, 0.15) is 43.7 Å². The first-order valence-electron chi connectivity index (χ1n) is 6.61. The summed E-state index contributed by atoms with van der Waals surface area (Å²) in [4.78, 5) is 24.7. The highest BCUT2D eigenvalue weighted by atomic mass is 16.4. The minimum absolute atomic E-state index is 0.207. The predicted molar refractivity (Wildman–Crippen MR) is 70.9 cm³/mol. The van der Waals surface area contributed by atoms with Crippen molar-refractivity contribution < 1.29 is 19.1 Å². The van der Waals surface area contributed by atoms with Gasteiger partial charge in [-0.1, -0.05) is 26.7 Å². The lowest BCUT2D eigenvalue weighted by molar-refractivity contribution is -0.141. The van der Waals surface area contributed by atoms with E-state index in [-0.39, 0.29) is 18.2 Å². The van der Waals surface area contributed by atoms with E-state index in [1.165, 1.54) is 6.26 Å². The van der Waals surface area contributed by atoms with E-state index in [1.54, 1.807) is 24.0 Å². The molecule has 1 amide bonds. The molecule has 5 heteroatoms. The van der Waals surface area contributed by atoms with Crippen molar-refractivity contribution in [3.05, 3.63) is 24.2 Å². The Morgan fingerprint density at radius 1 is 1.42 bits per heavy atom. The first-order valence-corrected chi connectivity index (χ1v) is 6.61. The van der Waals surface area contributed by atoms with Crippen molar-refractivity contribution in [1.29, 1.82) is 0 Å². The second-order valence-electron chi connectivity index (χ2n) is 4.67. The largest absolute Gasteiger partial charge is 0.481 e. The summed E-state index contributed by atoms with van der Waals surface area (Å²) < 4.78 is 5.09. The van der Waals surface area contributed by atoms with Gasteiger partial charge in [-0.2, -0.15) is 0 Å². The highest BCUT2D eigenvalue weighted by molar-refractivity contribution is 5.91. The number of rotatable bonds is 8. The van der Waals surface area contributed by atoms with E-state index in [0.717, 1.165) is 19.3 Å². The van der Waals surface area contributed by atoms with E-state index in [1.807, 2.05) is 0 Å². The lowest BCUT2D eigenvalue weighted by atomic mass is 10.1. The summed E-state index contributed by atoms with van der Waals surface area (Å²) in [6.07, 6.45) is 4.38. The molecular formula is C14H21NO4. The van der Waals surface area contributed by atoms with E-state index in [0.29, 0.717) is 6.54 Å². The van der Waals surface area contributed by atoms with E-state index < -0.39 is 11.9 Å². The Hall–Kier alpha value is -1.78. The first kappa shape index (κ1) is 15.3. The third-order valence-corrected chi connectivity index (χ3v) is 2.97. The molecule has 0 radical (unpaired) electrons. The number of unbranched alkanes of at least 4 members (excludes halogenated alkanes) is 2. The van der Waals surface area contributed by atoms with Crippen LogP contribution in [0.2, 0.25) is 0 Å². The highest BCUT2D eigenvalue weighted by Gasteiger charge is 2.22. The zero-order valence-electron chi connectivity index (χ0n) is 11.5. The molecule has 1 atom stereocenters. The van der Waals surface area contributed by atoms with Crippen LogP contribution in [-0.4, -0.2) is 35.0 Å². The second kappa shape index (κ2) is 7.61. The molecule has 19 heavy (non-hydrogen) atoms. The molecule has 0 saturated heterocycles. The zero-order chi connectivity index (χ0) is 14.3. The molecule has 0 aliphatic carbocycles. The van der Waals surface area contributed by atoms with Crippen LogP contribution in [0.25, 0.3) is 0 Å². The fourth-order valence-corrected chi connectivity index (χ4v) is 1.79. The van der Waals surface area contributed by atoms with Gasteiger partial charge < -0.3 is 14.4 Å². The van der Waals surface area contributed by atoms with Crippen molar-refractivity contribution >= 4 is 11.9 Å². The van der Waals surface area contributed by atoms with Gasteiger partial charge in [0.05, 0.1) is 12.2 Å². The number of carboxylic acid groups (broad SMARTS) is 1. The van der Waals surface area contributed by atoms with Gasteiger partial charge in [-0.15, -0.1) is 0 Å². The summed E-state index contributed by atoms with van der Waals surface area (Å²) in [7, 11) is 0. The molecule has 0 aliphatic heterocycles. The molecule has 0 bridgehead atoms. The summed E-state index contributed by atoms with van der Waals surface area (Å²) in [5, 5.41) is 8.95. The van der Waals surface area contributed by atoms with Gasteiger partial charge in [-0.3, -0.25) is 9.59 Å². The number of aliphatic carboxylic acids is 1. The standard InChI is InChI=1S/C14H21NO4/c1-3-4-5-8-15(10-11(2)14(17)18)13(16)12-7-6-9-19-12/h6-7,9,11H,3-5,8,10H2,1-2H3,(H,17,18). The predicted octanol–water partition coefficient (Wildman–Crippen LogP) is 2.63. The fourth-order valence-electron chi connectivity index (χ4n) is 1.79. The topological polar surface area (TPSA) is 70.8 Å². The van der Waals surface area contributed by atoms with Crippen molar-refractivity contribution in [2.24, 2.45) is 5.92 Å². The molecule has 0 aliphatic rings. The first-order chi connectivity index (χ1) is 9.06. The molecule has 1 heterocycles. The lowest BCUT2D eigenvalue weighted by Crippen LogP contribution is -2.37. The minimum Gasteiger partial charge on any atom is -0.481 e. The molecule has 1 N–H and O–H groups in total. The molecule has 0 fully saturated rings. The number of carbonyl (C=O) groups excluding carboxylic acids is 1. The molecule has 0 saturated carbocycles. The van der Waals surface area contributed by atoms with Crippen LogP contribution < -0.4 is 0 Å². The molecule has 1 aromatic heterocycles. The maximum Gasteiger partial charge on any atom is 0.308 e. The average Bonchev–Trinajstić information content (AvgIpc) is 2.90. The molecule has 1 aromatic rings. The number of nitrogens with zero attached hydrogens (tertiary/aromatic N) is 1. The third-order valence-electron chi connectivity index (χ3n) is 2.97. The van der Waals surface area contributed by atoms with Crippen LogP contribution in [0.3, 0.4) is 0 Å². The smallest absolute Gasteiger partial charge is 0.308 e. The summed E-state index contributed by atoms with van der Waals surface area (Å²) in [6.45, 7) is 4.45. The summed E-state index contributed by atoms with van der Waals surface area (Å²) in [5.41, 5.74) is 0. The fraction of sp³-hybridized carbons (Fsp3) is 0.571. The maximum absolute atomic E-state index is 12.2. The van der Waals surface area contributed by atoms with Crippen LogP contribution in [0.4, 0.5) is 0 Å². The van der Waals surface area contributed by atoms with Gasteiger partial charge in [0.25, 0.3) is 5.91 Å². The average molecular weight is 267 g/mol. The van der Waals surface area contributed by atoms with Crippen molar-refractivity contribution in [2.45, 2.75) is 33.1 Å². The third kappa shape index (κ3) is 4.77. The Morgan fingerprint density at radius 3 is 2.68 bits per heavy atom. The molecule has 106 valence electrons. The Labute approximate surface area is 113 Å². The van der Waals surface area contributed by atoms with Gasteiger partial charge in [0.1, 0.15) is 0 Å². The minimum atomic E-state index is -0.896. The maximum atomic E-state index is 12.2. The van der Waals surface area contributed by atoms with Crippen molar-refractivity contribution in [1.82, 2.24) is 4.90 Å². The normalized spacial score (nSPS) is 12.1. The summed E-state index contributed by atoms with van der Waals surface area (Å²) in [5.74, 6) is -1.46. The number of furan rings is 1. The van der Waals surface area contributed by atoms with Gasteiger partial charge in [-0.25, -0.2) is 0 Å². The van der Waals surface area contributed by atoms with E-state index >= 15 is 0 Å². The molecular weight excluding hydrogens is 246 g/mol. The van der Waals surface area contributed by atoms with E-state index in [4.69, 9.17) is 9.52 Å². The molecule has 0 aromatic carbocycles. The molecule has 1 unspecified atom stereocenters. The monoisotopic (exact) mass is 267 g/mol. The van der Waals surface area contributed by atoms with Gasteiger partial charge in [0.15, 0.2) is 5.76 Å². The van der Waals surface area contributed by atoms with E-state index in [2.05, 4.69) is 6.92 Å². The van der Waals surface area contributed by atoms with Gasteiger partial charge in [-0.05, 0) is 18.6 Å². The number of hydrogen-bond acceptors (Lipinski definition) is 3. The number of amides is 1.